The highest BCUT2D eigenvalue weighted by atomic mass is 35.5. The van der Waals surface area contributed by atoms with E-state index in [9.17, 15) is 4.79 Å². The fourth-order valence-electron chi connectivity index (χ4n) is 3.62. The normalized spacial score (nSPS) is 14.2. The molecule has 144 valence electrons. The Morgan fingerprint density at radius 2 is 2.00 bits per heavy atom. The Balaban J connectivity index is 1.64. The first-order chi connectivity index (χ1) is 13.7. The standard InChI is InChI=1S/C23H23ClN2OS/c24-19-10-6-9-18(15-19)16-28-23-25-21-12-5-4-11-20(21)22(27)26(23)14-13-17-7-2-1-3-8-17/h4-7,9-12,15H,1-3,8,13-14,16H2. The van der Waals surface area contributed by atoms with Crippen molar-refractivity contribution in [3.05, 3.63) is 81.1 Å². The molecule has 5 heteroatoms. The highest BCUT2D eigenvalue weighted by molar-refractivity contribution is 7.98. The first-order valence-electron chi connectivity index (χ1n) is 9.75. The summed E-state index contributed by atoms with van der Waals surface area (Å²) in [7, 11) is 0. The van der Waals surface area contributed by atoms with Crippen molar-refractivity contribution in [1.82, 2.24) is 9.55 Å². The highest BCUT2D eigenvalue weighted by Gasteiger charge is 2.13. The van der Waals surface area contributed by atoms with Gasteiger partial charge in [-0.25, -0.2) is 4.98 Å². The van der Waals surface area contributed by atoms with Crippen molar-refractivity contribution >= 4 is 34.3 Å². The molecule has 0 unspecified atom stereocenters. The van der Waals surface area contributed by atoms with Crippen LogP contribution in [-0.2, 0) is 12.3 Å². The topological polar surface area (TPSA) is 34.9 Å². The molecule has 4 rings (SSSR count). The third-order valence-electron chi connectivity index (χ3n) is 5.13. The number of halogens is 1. The molecule has 0 spiro atoms. The Hall–Kier alpha value is -2.04. The van der Waals surface area contributed by atoms with Crippen LogP contribution in [0.5, 0.6) is 0 Å². The van der Waals surface area contributed by atoms with Crippen molar-refractivity contribution < 1.29 is 0 Å². The molecule has 3 nitrogen and oxygen atoms in total. The Bertz CT molecular complexity index is 1070. The third-order valence-corrected chi connectivity index (χ3v) is 6.41. The Kier molecular flexibility index (Phi) is 6.18. The summed E-state index contributed by atoms with van der Waals surface area (Å²) < 4.78 is 1.85. The summed E-state index contributed by atoms with van der Waals surface area (Å²) in [5, 5.41) is 2.19. The van der Waals surface area contributed by atoms with Gasteiger partial charge in [0.1, 0.15) is 0 Å². The molecule has 0 aliphatic heterocycles. The van der Waals surface area contributed by atoms with Crippen LogP contribution in [0, 0.1) is 0 Å². The van der Waals surface area contributed by atoms with E-state index in [1.807, 2.05) is 47.0 Å². The number of para-hydroxylation sites is 1. The van der Waals surface area contributed by atoms with E-state index in [2.05, 4.69) is 12.1 Å². The minimum atomic E-state index is 0.0515. The van der Waals surface area contributed by atoms with Gasteiger partial charge in [-0.1, -0.05) is 59.3 Å². The van der Waals surface area contributed by atoms with Gasteiger partial charge < -0.3 is 0 Å². The minimum Gasteiger partial charge on any atom is -0.287 e. The van der Waals surface area contributed by atoms with Gasteiger partial charge in [-0.05, 0) is 61.9 Å². The molecule has 1 aliphatic carbocycles. The van der Waals surface area contributed by atoms with Gasteiger partial charge in [0.05, 0.1) is 10.9 Å². The second kappa shape index (κ2) is 8.97. The number of hydrogen-bond acceptors (Lipinski definition) is 3. The van der Waals surface area contributed by atoms with E-state index < -0.39 is 0 Å². The molecule has 0 amide bonds. The molecule has 0 saturated heterocycles. The van der Waals surface area contributed by atoms with E-state index in [-0.39, 0.29) is 5.56 Å². The number of benzene rings is 2. The lowest BCUT2D eigenvalue weighted by Gasteiger charge is -2.16. The molecule has 0 radical (unpaired) electrons. The summed E-state index contributed by atoms with van der Waals surface area (Å²) in [5.41, 5.74) is 3.41. The van der Waals surface area contributed by atoms with Gasteiger partial charge in [0, 0.05) is 17.3 Å². The Morgan fingerprint density at radius 3 is 2.82 bits per heavy atom. The number of thioether (sulfide) groups is 1. The smallest absolute Gasteiger partial charge is 0.262 e. The molecule has 0 atom stereocenters. The van der Waals surface area contributed by atoms with E-state index in [1.165, 1.54) is 18.4 Å². The lowest BCUT2D eigenvalue weighted by Crippen LogP contribution is -2.23. The van der Waals surface area contributed by atoms with E-state index in [0.29, 0.717) is 11.9 Å². The first kappa shape index (κ1) is 19.3. The van der Waals surface area contributed by atoms with Crippen LogP contribution in [0.15, 0.2) is 70.1 Å². The van der Waals surface area contributed by atoms with Gasteiger partial charge >= 0.3 is 0 Å². The van der Waals surface area contributed by atoms with Crippen LogP contribution in [0.25, 0.3) is 10.9 Å². The lowest BCUT2D eigenvalue weighted by molar-refractivity contribution is 0.569. The summed E-state index contributed by atoms with van der Waals surface area (Å²) in [6, 6.07) is 15.4. The third kappa shape index (κ3) is 4.50. The van der Waals surface area contributed by atoms with Crippen LogP contribution in [0.1, 0.15) is 37.7 Å². The van der Waals surface area contributed by atoms with Crippen molar-refractivity contribution in [3.8, 4) is 0 Å². The van der Waals surface area contributed by atoms with Gasteiger partial charge in [0.2, 0.25) is 0 Å². The summed E-state index contributed by atoms with van der Waals surface area (Å²) in [6.45, 7) is 0.681. The molecule has 0 N–H and O–H groups in total. The van der Waals surface area contributed by atoms with Crippen molar-refractivity contribution in [3.63, 3.8) is 0 Å². The predicted molar refractivity (Wildman–Crippen MR) is 118 cm³/mol. The molecule has 1 heterocycles. The van der Waals surface area contributed by atoms with E-state index in [1.54, 1.807) is 11.8 Å². The number of rotatable bonds is 6. The van der Waals surface area contributed by atoms with Gasteiger partial charge in [-0.2, -0.15) is 0 Å². The van der Waals surface area contributed by atoms with Crippen LogP contribution in [0.4, 0.5) is 0 Å². The maximum atomic E-state index is 13.2. The second-order valence-corrected chi connectivity index (χ2v) is 8.52. The number of hydrogen-bond donors (Lipinski definition) is 0. The van der Waals surface area contributed by atoms with Crippen LogP contribution >= 0.6 is 23.4 Å². The first-order valence-corrected chi connectivity index (χ1v) is 11.1. The quantitative estimate of drug-likeness (QED) is 0.274. The number of nitrogens with zero attached hydrogens (tertiary/aromatic N) is 2. The molecular formula is C23H23ClN2OS. The molecular weight excluding hydrogens is 388 g/mol. The molecule has 0 bridgehead atoms. The van der Waals surface area contributed by atoms with E-state index in [0.717, 1.165) is 46.3 Å². The van der Waals surface area contributed by atoms with Gasteiger partial charge in [0.15, 0.2) is 5.16 Å². The number of fused-ring (bicyclic) bond motifs is 1. The minimum absolute atomic E-state index is 0.0515. The molecule has 1 aliphatic rings. The number of aromatic nitrogens is 2. The molecule has 28 heavy (non-hydrogen) atoms. The monoisotopic (exact) mass is 410 g/mol. The predicted octanol–water partition coefficient (Wildman–Crippen LogP) is 6.23. The fraction of sp³-hybridized carbons (Fsp3) is 0.304. The van der Waals surface area contributed by atoms with Crippen LogP contribution in [-0.4, -0.2) is 9.55 Å². The van der Waals surface area contributed by atoms with Gasteiger partial charge in [-0.3, -0.25) is 9.36 Å². The lowest BCUT2D eigenvalue weighted by atomic mass is 9.97. The number of allylic oxidation sites excluding steroid dienone is 2. The SMILES string of the molecule is O=c1c2ccccc2nc(SCc2cccc(Cl)c2)n1CCC1=CCCCC1. The Morgan fingerprint density at radius 1 is 1.11 bits per heavy atom. The zero-order valence-electron chi connectivity index (χ0n) is 15.7. The average molecular weight is 411 g/mol. The Labute approximate surface area is 174 Å². The summed E-state index contributed by atoms with van der Waals surface area (Å²) in [6.07, 6.45) is 8.12. The molecule has 1 aromatic heterocycles. The van der Waals surface area contributed by atoms with Crippen molar-refractivity contribution in [2.45, 2.75) is 49.6 Å². The van der Waals surface area contributed by atoms with Crippen molar-refractivity contribution in [2.24, 2.45) is 0 Å². The molecule has 2 aromatic carbocycles. The van der Waals surface area contributed by atoms with E-state index >= 15 is 0 Å². The van der Waals surface area contributed by atoms with Crippen molar-refractivity contribution in [2.75, 3.05) is 0 Å². The zero-order valence-corrected chi connectivity index (χ0v) is 17.3. The fourth-order valence-corrected chi connectivity index (χ4v) is 4.80. The summed E-state index contributed by atoms with van der Waals surface area (Å²) in [5.74, 6) is 0.730. The molecule has 0 fully saturated rings. The summed E-state index contributed by atoms with van der Waals surface area (Å²) in [4.78, 5) is 18.0. The maximum Gasteiger partial charge on any atom is 0.262 e. The average Bonchev–Trinajstić information content (AvgIpc) is 2.72. The second-order valence-electron chi connectivity index (χ2n) is 7.15. The van der Waals surface area contributed by atoms with Crippen LogP contribution in [0.3, 0.4) is 0 Å². The zero-order chi connectivity index (χ0) is 19.3. The molecule has 0 saturated carbocycles. The maximum absolute atomic E-state index is 13.2. The van der Waals surface area contributed by atoms with Crippen molar-refractivity contribution in [1.29, 1.82) is 0 Å². The summed E-state index contributed by atoms with van der Waals surface area (Å²) >= 11 is 7.71. The van der Waals surface area contributed by atoms with Crippen LogP contribution in [0.2, 0.25) is 5.02 Å². The largest absolute Gasteiger partial charge is 0.287 e. The highest BCUT2D eigenvalue weighted by Crippen LogP contribution is 2.25. The van der Waals surface area contributed by atoms with Gasteiger partial charge in [0.25, 0.3) is 5.56 Å². The molecule has 3 aromatic rings. The van der Waals surface area contributed by atoms with Crippen LogP contribution < -0.4 is 5.56 Å². The van der Waals surface area contributed by atoms with Gasteiger partial charge in [-0.15, -0.1) is 0 Å². The van der Waals surface area contributed by atoms with E-state index in [4.69, 9.17) is 16.6 Å².